The number of carbonyl (C=O) groups excluding carboxylic acids is 1. The van der Waals surface area contributed by atoms with Crippen LogP contribution in [0.15, 0.2) is 18.2 Å². The lowest BCUT2D eigenvalue weighted by atomic mass is 10.1. The van der Waals surface area contributed by atoms with Crippen molar-refractivity contribution < 1.29 is 17.9 Å². The SMILES string of the molecule is COc1ccc(C#N)cc1CN1C(=O)C(C)(C)S1(=O)=O. The molecule has 0 aliphatic carbocycles. The number of hydrogen-bond acceptors (Lipinski definition) is 5. The van der Waals surface area contributed by atoms with Gasteiger partial charge in [0, 0.05) is 5.56 Å². The molecule has 1 aromatic rings. The lowest BCUT2D eigenvalue weighted by Gasteiger charge is -2.43. The van der Waals surface area contributed by atoms with E-state index in [0.717, 1.165) is 4.31 Å². The molecule has 0 bridgehead atoms. The summed E-state index contributed by atoms with van der Waals surface area (Å²) in [5.74, 6) is -0.0152. The number of carbonyl (C=O) groups is 1. The van der Waals surface area contributed by atoms with Crippen molar-refractivity contribution in [3.8, 4) is 11.8 Å². The summed E-state index contributed by atoms with van der Waals surface area (Å²) in [7, 11) is -2.20. The molecule has 2 rings (SSSR count). The average Bonchev–Trinajstić information content (AvgIpc) is 2.43. The van der Waals surface area contributed by atoms with Gasteiger partial charge < -0.3 is 4.74 Å². The molecule has 1 fully saturated rings. The molecule has 0 radical (unpaired) electrons. The molecule has 0 unspecified atom stereocenters. The second-order valence-electron chi connectivity index (χ2n) is 4.97. The van der Waals surface area contributed by atoms with E-state index < -0.39 is 20.7 Å². The first-order valence-electron chi connectivity index (χ1n) is 5.89. The number of rotatable bonds is 3. The second-order valence-corrected chi connectivity index (χ2v) is 7.38. The predicted molar refractivity (Wildman–Crippen MR) is 71.3 cm³/mol. The predicted octanol–water partition coefficient (Wildman–Crippen LogP) is 1.02. The summed E-state index contributed by atoms with van der Waals surface area (Å²) in [6.07, 6.45) is 0. The summed E-state index contributed by atoms with van der Waals surface area (Å²) in [6, 6.07) is 6.64. The summed E-state index contributed by atoms with van der Waals surface area (Å²) in [4.78, 5) is 11.9. The Bertz CT molecular complexity index is 716. The van der Waals surface area contributed by atoms with Crippen LogP contribution in [0.2, 0.25) is 0 Å². The third-order valence-corrected chi connectivity index (χ3v) is 5.74. The molecule has 1 aliphatic heterocycles. The van der Waals surface area contributed by atoms with E-state index in [9.17, 15) is 13.2 Å². The lowest BCUT2D eigenvalue weighted by molar-refractivity contribution is -0.132. The molecule has 1 amide bonds. The number of nitriles is 1. The van der Waals surface area contributed by atoms with Crippen molar-refractivity contribution in [1.29, 1.82) is 5.26 Å². The van der Waals surface area contributed by atoms with Gasteiger partial charge in [-0.1, -0.05) is 0 Å². The molecule has 1 aromatic carbocycles. The van der Waals surface area contributed by atoms with E-state index in [1.54, 1.807) is 12.1 Å². The summed E-state index contributed by atoms with van der Waals surface area (Å²) < 4.78 is 28.6. The normalized spacial score (nSPS) is 19.1. The van der Waals surface area contributed by atoms with Crippen LogP contribution in [0.25, 0.3) is 0 Å². The van der Waals surface area contributed by atoms with Gasteiger partial charge in [-0.2, -0.15) is 5.26 Å². The third kappa shape index (κ3) is 1.84. The van der Waals surface area contributed by atoms with Crippen LogP contribution in [-0.4, -0.2) is 30.5 Å². The minimum atomic E-state index is -3.65. The van der Waals surface area contributed by atoms with Gasteiger partial charge in [-0.25, -0.2) is 12.7 Å². The average molecular weight is 294 g/mol. The molecule has 0 aromatic heterocycles. The number of benzene rings is 1. The van der Waals surface area contributed by atoms with E-state index in [1.165, 1.54) is 27.0 Å². The molecular weight excluding hydrogens is 280 g/mol. The van der Waals surface area contributed by atoms with Crippen molar-refractivity contribution in [2.75, 3.05) is 7.11 Å². The standard InChI is InChI=1S/C13H14N2O4S/c1-13(2)12(16)15(20(13,17)18)8-10-6-9(7-14)4-5-11(10)19-3/h4-6H,8H2,1-3H3. The number of hydrogen-bond donors (Lipinski definition) is 0. The number of sulfonamides is 1. The van der Waals surface area contributed by atoms with E-state index in [4.69, 9.17) is 10.00 Å². The third-order valence-electron chi connectivity index (χ3n) is 3.40. The zero-order valence-electron chi connectivity index (χ0n) is 11.4. The molecule has 0 spiro atoms. The van der Waals surface area contributed by atoms with E-state index in [0.29, 0.717) is 16.9 Å². The lowest BCUT2D eigenvalue weighted by Crippen LogP contribution is -2.66. The van der Waals surface area contributed by atoms with Gasteiger partial charge in [0.25, 0.3) is 15.9 Å². The zero-order valence-corrected chi connectivity index (χ0v) is 12.2. The van der Waals surface area contributed by atoms with Crippen molar-refractivity contribution >= 4 is 15.9 Å². The monoisotopic (exact) mass is 294 g/mol. The molecule has 6 nitrogen and oxygen atoms in total. The molecule has 1 heterocycles. The number of nitrogens with zero attached hydrogens (tertiary/aromatic N) is 2. The van der Waals surface area contributed by atoms with Crippen LogP contribution in [0.4, 0.5) is 0 Å². The van der Waals surface area contributed by atoms with E-state index in [1.807, 2.05) is 6.07 Å². The highest BCUT2D eigenvalue weighted by Crippen LogP contribution is 2.37. The maximum absolute atomic E-state index is 12.0. The Labute approximate surface area is 117 Å². The Morgan fingerprint density at radius 3 is 2.55 bits per heavy atom. The van der Waals surface area contributed by atoms with Gasteiger partial charge in [-0.15, -0.1) is 0 Å². The molecule has 0 saturated carbocycles. The van der Waals surface area contributed by atoms with Crippen LogP contribution < -0.4 is 4.74 Å². The molecule has 0 atom stereocenters. The minimum absolute atomic E-state index is 0.122. The summed E-state index contributed by atoms with van der Waals surface area (Å²) >= 11 is 0. The van der Waals surface area contributed by atoms with Gasteiger partial charge in [0.15, 0.2) is 4.75 Å². The first kappa shape index (κ1) is 14.3. The van der Waals surface area contributed by atoms with Gasteiger partial charge in [0.2, 0.25) is 0 Å². The van der Waals surface area contributed by atoms with Gasteiger partial charge in [0.05, 0.1) is 25.3 Å². The summed E-state index contributed by atoms with van der Waals surface area (Å²) in [5, 5.41) is 8.88. The quantitative estimate of drug-likeness (QED) is 0.830. The Morgan fingerprint density at radius 2 is 2.05 bits per heavy atom. The fourth-order valence-corrected chi connectivity index (χ4v) is 3.54. The smallest absolute Gasteiger partial charge is 0.259 e. The Hall–Kier alpha value is -2.07. The maximum Gasteiger partial charge on any atom is 0.259 e. The minimum Gasteiger partial charge on any atom is -0.496 e. The van der Waals surface area contributed by atoms with Crippen molar-refractivity contribution in [1.82, 2.24) is 4.31 Å². The van der Waals surface area contributed by atoms with Crippen molar-refractivity contribution in [3.05, 3.63) is 29.3 Å². The molecule has 1 aliphatic rings. The van der Waals surface area contributed by atoms with Gasteiger partial charge >= 0.3 is 0 Å². The van der Waals surface area contributed by atoms with Crippen LogP contribution in [0.5, 0.6) is 5.75 Å². The molecule has 1 saturated heterocycles. The van der Waals surface area contributed by atoms with Gasteiger partial charge in [0.1, 0.15) is 5.75 Å². The van der Waals surface area contributed by atoms with E-state index in [-0.39, 0.29) is 6.54 Å². The van der Waals surface area contributed by atoms with Crippen LogP contribution in [0.1, 0.15) is 25.0 Å². The first-order valence-corrected chi connectivity index (χ1v) is 7.33. The Kier molecular flexibility index (Phi) is 3.22. The van der Waals surface area contributed by atoms with Crippen LogP contribution in [0.3, 0.4) is 0 Å². The van der Waals surface area contributed by atoms with Gasteiger partial charge in [-0.3, -0.25) is 4.79 Å². The zero-order chi connectivity index (χ0) is 15.1. The van der Waals surface area contributed by atoms with Crippen molar-refractivity contribution in [3.63, 3.8) is 0 Å². The summed E-state index contributed by atoms with van der Waals surface area (Å²) in [5.41, 5.74) is 0.865. The highest BCUT2D eigenvalue weighted by Gasteiger charge is 2.60. The largest absolute Gasteiger partial charge is 0.496 e. The first-order chi connectivity index (χ1) is 9.25. The number of amides is 1. The fourth-order valence-electron chi connectivity index (χ4n) is 2.04. The van der Waals surface area contributed by atoms with Crippen LogP contribution >= 0.6 is 0 Å². The second kappa shape index (κ2) is 4.49. The Morgan fingerprint density at radius 1 is 1.40 bits per heavy atom. The molecular formula is C13H14N2O4S. The topological polar surface area (TPSA) is 87.5 Å². The molecule has 7 heteroatoms. The van der Waals surface area contributed by atoms with E-state index >= 15 is 0 Å². The van der Waals surface area contributed by atoms with Crippen molar-refractivity contribution in [2.24, 2.45) is 0 Å². The maximum atomic E-state index is 12.0. The van der Waals surface area contributed by atoms with Crippen molar-refractivity contribution in [2.45, 2.75) is 25.1 Å². The number of methoxy groups -OCH3 is 1. The highest BCUT2D eigenvalue weighted by atomic mass is 32.2. The highest BCUT2D eigenvalue weighted by molar-refractivity contribution is 7.94. The fraction of sp³-hybridized carbons (Fsp3) is 0.385. The molecule has 106 valence electrons. The van der Waals surface area contributed by atoms with Gasteiger partial charge in [-0.05, 0) is 32.0 Å². The summed E-state index contributed by atoms with van der Waals surface area (Å²) in [6.45, 7) is 2.64. The molecule has 0 N–H and O–H groups in total. The van der Waals surface area contributed by atoms with E-state index in [2.05, 4.69) is 0 Å². The van der Waals surface area contributed by atoms with Crippen LogP contribution in [0, 0.1) is 11.3 Å². The molecule has 20 heavy (non-hydrogen) atoms. The Balaban J connectivity index is 2.37. The number of ether oxygens (including phenoxy) is 1. The van der Waals surface area contributed by atoms with Crippen LogP contribution in [-0.2, 0) is 21.4 Å².